The van der Waals surface area contributed by atoms with E-state index in [1.807, 2.05) is 19.1 Å². The number of aryl methyl sites for hydroxylation is 1. The van der Waals surface area contributed by atoms with Crippen LogP contribution in [0.4, 0.5) is 0 Å². The van der Waals surface area contributed by atoms with E-state index in [-0.39, 0.29) is 11.7 Å². The number of carbonyl (C=O) groups is 2. The van der Waals surface area contributed by atoms with Crippen molar-refractivity contribution in [2.75, 3.05) is 13.2 Å². The average molecular weight is 494 g/mol. The normalized spacial score (nSPS) is 10.1. The number of para-hydroxylation sites is 1. The molecule has 0 saturated heterocycles. The Labute approximate surface area is 189 Å². The molecule has 9 heteroatoms. The summed E-state index contributed by atoms with van der Waals surface area (Å²) in [6.45, 7) is 4.26. The summed E-state index contributed by atoms with van der Waals surface area (Å²) < 4.78 is 12.1. The second-order valence-electron chi connectivity index (χ2n) is 6.35. The lowest BCUT2D eigenvalue weighted by Gasteiger charge is -2.14. The first-order valence-electron chi connectivity index (χ1n) is 9.41. The Morgan fingerprint density at radius 1 is 1.07 bits per heavy atom. The number of rotatable bonds is 8. The minimum atomic E-state index is -0.447. The van der Waals surface area contributed by atoms with E-state index >= 15 is 0 Å². The van der Waals surface area contributed by atoms with Crippen LogP contribution in [-0.4, -0.2) is 30.1 Å². The monoisotopic (exact) mass is 493 g/mol. The van der Waals surface area contributed by atoms with Gasteiger partial charge in [-0.25, -0.2) is 0 Å². The Kier molecular flexibility index (Phi) is 9.56. The standard InChI is InChI=1S/C21H24BrN3O4S/c1-3-4-11-28-18-8-6-5-7-16(18)20(27)23-21(30)25-24-19(26)13-29-17-10-9-15(22)12-14(17)2/h5-10,12H,3-4,11,13H2,1-2H3,(H,24,26)(H2,23,25,27,30). The third kappa shape index (κ3) is 7.64. The van der Waals surface area contributed by atoms with Crippen LogP contribution in [0.25, 0.3) is 0 Å². The van der Waals surface area contributed by atoms with E-state index < -0.39 is 11.8 Å². The zero-order valence-electron chi connectivity index (χ0n) is 16.8. The van der Waals surface area contributed by atoms with Crippen molar-refractivity contribution in [3.05, 3.63) is 58.1 Å². The van der Waals surface area contributed by atoms with E-state index in [9.17, 15) is 9.59 Å². The van der Waals surface area contributed by atoms with Crippen LogP contribution in [0.1, 0.15) is 35.7 Å². The first-order valence-corrected chi connectivity index (χ1v) is 10.6. The lowest BCUT2D eigenvalue weighted by Crippen LogP contribution is -2.49. The van der Waals surface area contributed by atoms with Gasteiger partial charge in [0.15, 0.2) is 11.7 Å². The van der Waals surface area contributed by atoms with Crippen LogP contribution in [0.15, 0.2) is 46.9 Å². The van der Waals surface area contributed by atoms with Gasteiger partial charge in [-0.3, -0.25) is 25.8 Å². The molecule has 2 aromatic carbocycles. The molecule has 2 aromatic rings. The molecular formula is C21H24BrN3O4S. The zero-order valence-corrected chi connectivity index (χ0v) is 19.2. The molecule has 0 aliphatic heterocycles. The Morgan fingerprint density at radius 3 is 2.57 bits per heavy atom. The minimum absolute atomic E-state index is 0.0449. The Hall–Kier alpha value is -2.65. The molecule has 0 spiro atoms. The molecule has 7 nitrogen and oxygen atoms in total. The fraction of sp³-hybridized carbons (Fsp3) is 0.286. The van der Waals surface area contributed by atoms with Gasteiger partial charge < -0.3 is 9.47 Å². The number of hydrazine groups is 1. The van der Waals surface area contributed by atoms with Gasteiger partial charge in [0, 0.05) is 4.47 Å². The van der Waals surface area contributed by atoms with E-state index in [0.717, 1.165) is 22.9 Å². The molecule has 0 aliphatic carbocycles. The van der Waals surface area contributed by atoms with Gasteiger partial charge in [-0.2, -0.15) is 0 Å². The van der Waals surface area contributed by atoms with Crippen LogP contribution in [0.2, 0.25) is 0 Å². The van der Waals surface area contributed by atoms with Gasteiger partial charge in [-0.05, 0) is 61.5 Å². The summed E-state index contributed by atoms with van der Waals surface area (Å²) in [5.74, 6) is 0.199. The van der Waals surface area contributed by atoms with E-state index in [4.69, 9.17) is 21.7 Å². The SMILES string of the molecule is CCCCOc1ccccc1C(=O)NC(=S)NNC(=O)COc1ccc(Br)cc1C. The van der Waals surface area contributed by atoms with Crippen molar-refractivity contribution in [3.63, 3.8) is 0 Å². The van der Waals surface area contributed by atoms with Crippen LogP contribution < -0.4 is 25.6 Å². The van der Waals surface area contributed by atoms with Gasteiger partial charge in [0.1, 0.15) is 11.5 Å². The van der Waals surface area contributed by atoms with Crippen molar-refractivity contribution < 1.29 is 19.1 Å². The van der Waals surface area contributed by atoms with Crippen LogP contribution in [0.5, 0.6) is 11.5 Å². The number of carbonyl (C=O) groups excluding carboxylic acids is 2. The Morgan fingerprint density at radius 2 is 1.83 bits per heavy atom. The third-order valence-corrected chi connectivity index (χ3v) is 4.62. The molecule has 160 valence electrons. The summed E-state index contributed by atoms with van der Waals surface area (Å²) in [5.41, 5.74) is 6.13. The smallest absolute Gasteiger partial charge is 0.276 e. The number of unbranched alkanes of at least 4 members (excludes halogenated alkanes) is 1. The van der Waals surface area contributed by atoms with E-state index in [1.54, 1.807) is 30.3 Å². The molecular weight excluding hydrogens is 470 g/mol. The molecule has 0 atom stereocenters. The second-order valence-corrected chi connectivity index (χ2v) is 7.68. The first-order chi connectivity index (χ1) is 14.4. The van der Waals surface area contributed by atoms with Gasteiger partial charge in [-0.15, -0.1) is 0 Å². The van der Waals surface area contributed by atoms with Crippen LogP contribution in [0, 0.1) is 6.92 Å². The minimum Gasteiger partial charge on any atom is -0.493 e. The van der Waals surface area contributed by atoms with Gasteiger partial charge in [-0.1, -0.05) is 41.4 Å². The number of ether oxygens (including phenoxy) is 2. The highest BCUT2D eigenvalue weighted by Crippen LogP contribution is 2.22. The number of halogens is 1. The third-order valence-electron chi connectivity index (χ3n) is 3.93. The van der Waals surface area contributed by atoms with Crippen molar-refractivity contribution in [1.29, 1.82) is 0 Å². The van der Waals surface area contributed by atoms with Crippen LogP contribution in [0.3, 0.4) is 0 Å². The van der Waals surface area contributed by atoms with Crippen molar-refractivity contribution in [2.24, 2.45) is 0 Å². The molecule has 0 saturated carbocycles. The topological polar surface area (TPSA) is 88.7 Å². The van der Waals surface area contributed by atoms with Crippen LogP contribution in [-0.2, 0) is 4.79 Å². The van der Waals surface area contributed by atoms with Gasteiger partial charge in [0.05, 0.1) is 12.2 Å². The number of nitrogens with one attached hydrogen (secondary N) is 3. The van der Waals surface area contributed by atoms with E-state index in [0.29, 0.717) is 23.7 Å². The summed E-state index contributed by atoms with van der Waals surface area (Å²) in [6, 6.07) is 12.4. The maximum absolute atomic E-state index is 12.5. The maximum Gasteiger partial charge on any atom is 0.276 e. The summed E-state index contributed by atoms with van der Waals surface area (Å²) in [7, 11) is 0. The lowest BCUT2D eigenvalue weighted by atomic mass is 10.2. The molecule has 0 aliphatic rings. The van der Waals surface area contributed by atoms with Gasteiger partial charge >= 0.3 is 0 Å². The van der Waals surface area contributed by atoms with Crippen molar-refractivity contribution in [2.45, 2.75) is 26.7 Å². The number of hydrogen-bond donors (Lipinski definition) is 3. The first kappa shape index (κ1) is 23.6. The van der Waals surface area contributed by atoms with E-state index in [1.165, 1.54) is 0 Å². The van der Waals surface area contributed by atoms with Gasteiger partial charge in [0.2, 0.25) is 0 Å². The molecule has 0 fully saturated rings. The highest BCUT2D eigenvalue weighted by Gasteiger charge is 2.14. The summed E-state index contributed by atoms with van der Waals surface area (Å²) in [5, 5.41) is 2.47. The Bertz CT molecular complexity index is 908. The fourth-order valence-corrected chi connectivity index (χ4v) is 3.01. The second kappa shape index (κ2) is 12.1. The molecule has 2 rings (SSSR count). The predicted molar refractivity (Wildman–Crippen MR) is 123 cm³/mol. The number of benzene rings is 2. The molecule has 3 N–H and O–H groups in total. The van der Waals surface area contributed by atoms with Crippen LogP contribution >= 0.6 is 28.1 Å². The largest absolute Gasteiger partial charge is 0.493 e. The molecule has 2 amide bonds. The van der Waals surface area contributed by atoms with Crippen molar-refractivity contribution in [3.8, 4) is 11.5 Å². The van der Waals surface area contributed by atoms with E-state index in [2.05, 4.69) is 39.0 Å². The average Bonchev–Trinajstić information content (AvgIpc) is 2.72. The highest BCUT2D eigenvalue weighted by molar-refractivity contribution is 9.10. The number of thiocarbonyl (C=S) groups is 1. The summed E-state index contributed by atoms with van der Waals surface area (Å²) in [6.07, 6.45) is 1.89. The van der Waals surface area contributed by atoms with Gasteiger partial charge in [0.25, 0.3) is 11.8 Å². The van der Waals surface area contributed by atoms with Crippen molar-refractivity contribution >= 4 is 45.1 Å². The fourth-order valence-electron chi connectivity index (χ4n) is 2.39. The highest BCUT2D eigenvalue weighted by atomic mass is 79.9. The maximum atomic E-state index is 12.5. The predicted octanol–water partition coefficient (Wildman–Crippen LogP) is 3.65. The molecule has 0 unspecified atom stereocenters. The summed E-state index contributed by atoms with van der Waals surface area (Å²) >= 11 is 8.44. The molecule has 0 radical (unpaired) electrons. The number of hydrogen-bond acceptors (Lipinski definition) is 5. The molecule has 0 aromatic heterocycles. The quantitative estimate of drug-likeness (QED) is 0.295. The lowest BCUT2D eigenvalue weighted by molar-refractivity contribution is -0.123. The summed E-state index contributed by atoms with van der Waals surface area (Å²) in [4.78, 5) is 24.4. The zero-order chi connectivity index (χ0) is 21.9. The number of amides is 2. The Balaban J connectivity index is 1.80. The molecule has 30 heavy (non-hydrogen) atoms. The molecule has 0 bridgehead atoms. The van der Waals surface area contributed by atoms with Crippen molar-refractivity contribution in [1.82, 2.24) is 16.2 Å². The molecule has 0 heterocycles.